The van der Waals surface area contributed by atoms with Gasteiger partial charge in [0.2, 0.25) is 12.2 Å². The zero-order valence-corrected chi connectivity index (χ0v) is 8.87. The number of carbonyl (C=O) groups is 1. The van der Waals surface area contributed by atoms with Crippen molar-refractivity contribution >= 4 is 5.91 Å². The van der Waals surface area contributed by atoms with Crippen LogP contribution in [-0.2, 0) is 4.74 Å². The highest BCUT2D eigenvalue weighted by molar-refractivity contribution is 5.93. The number of aliphatic hydroxyl groups excluding tert-OH is 2. The van der Waals surface area contributed by atoms with Gasteiger partial charge in [0.15, 0.2) is 5.69 Å². The SMILES string of the molecule is NC(=O)c1[nH]cnc1O[C@@H]1C[C@H](O)[C@@H](CO)O1. The van der Waals surface area contributed by atoms with Gasteiger partial charge in [0.05, 0.1) is 19.0 Å². The molecule has 0 unspecified atom stereocenters. The number of aliphatic hydroxyl groups is 2. The third-order valence-corrected chi connectivity index (χ3v) is 2.46. The maximum Gasteiger partial charge on any atom is 0.270 e. The smallest absolute Gasteiger partial charge is 0.270 e. The average Bonchev–Trinajstić information content (AvgIpc) is 2.85. The van der Waals surface area contributed by atoms with Gasteiger partial charge >= 0.3 is 0 Å². The predicted molar refractivity (Wildman–Crippen MR) is 54.1 cm³/mol. The van der Waals surface area contributed by atoms with Crippen molar-refractivity contribution in [2.24, 2.45) is 5.73 Å². The van der Waals surface area contributed by atoms with Crippen LogP contribution in [-0.4, -0.2) is 51.2 Å². The standard InChI is InChI=1S/C9H13N3O5/c10-8(15)7-9(12-3-11-7)17-6-1-4(14)5(2-13)16-6/h3-6,13-14H,1-2H2,(H2,10,15)(H,11,12)/t4-,5+,6+/m0/s1. The summed E-state index contributed by atoms with van der Waals surface area (Å²) in [7, 11) is 0. The van der Waals surface area contributed by atoms with E-state index >= 15 is 0 Å². The van der Waals surface area contributed by atoms with Crippen molar-refractivity contribution in [2.75, 3.05) is 6.61 Å². The lowest BCUT2D eigenvalue weighted by Crippen LogP contribution is -2.25. The molecule has 1 aromatic heterocycles. The van der Waals surface area contributed by atoms with E-state index in [-0.39, 0.29) is 24.6 Å². The van der Waals surface area contributed by atoms with Crippen LogP contribution >= 0.6 is 0 Å². The second kappa shape index (κ2) is 4.70. The van der Waals surface area contributed by atoms with Gasteiger partial charge in [0.25, 0.3) is 5.91 Å². The molecule has 5 N–H and O–H groups in total. The maximum absolute atomic E-state index is 11.0. The normalized spacial score (nSPS) is 28.2. The molecule has 3 atom stereocenters. The van der Waals surface area contributed by atoms with Crippen LogP contribution < -0.4 is 10.5 Å². The summed E-state index contributed by atoms with van der Waals surface area (Å²) in [6.07, 6.45) is -0.791. The van der Waals surface area contributed by atoms with Crippen molar-refractivity contribution in [1.29, 1.82) is 0 Å². The Kier molecular flexibility index (Phi) is 3.27. The number of rotatable bonds is 4. The molecular weight excluding hydrogens is 230 g/mol. The van der Waals surface area contributed by atoms with E-state index in [1.807, 2.05) is 0 Å². The summed E-state index contributed by atoms with van der Waals surface area (Å²) in [4.78, 5) is 17.3. The van der Waals surface area contributed by atoms with Crippen LogP contribution in [0.25, 0.3) is 0 Å². The fraction of sp³-hybridized carbons (Fsp3) is 0.556. The Morgan fingerprint density at radius 3 is 3.12 bits per heavy atom. The number of amides is 1. The highest BCUT2D eigenvalue weighted by Gasteiger charge is 2.35. The van der Waals surface area contributed by atoms with E-state index < -0.39 is 24.4 Å². The molecule has 1 saturated heterocycles. The molecule has 2 heterocycles. The summed E-state index contributed by atoms with van der Waals surface area (Å²) >= 11 is 0. The van der Waals surface area contributed by atoms with Crippen molar-refractivity contribution in [3.05, 3.63) is 12.0 Å². The van der Waals surface area contributed by atoms with Crippen LogP contribution in [0.15, 0.2) is 6.33 Å². The van der Waals surface area contributed by atoms with Gasteiger partial charge in [-0.1, -0.05) is 0 Å². The quantitative estimate of drug-likeness (QED) is 0.501. The van der Waals surface area contributed by atoms with Crippen LogP contribution in [0.4, 0.5) is 0 Å². The second-order valence-corrected chi connectivity index (χ2v) is 3.65. The minimum atomic E-state index is -0.805. The molecule has 0 aliphatic carbocycles. The van der Waals surface area contributed by atoms with Gasteiger partial charge in [-0.25, -0.2) is 4.98 Å². The minimum Gasteiger partial charge on any atom is -0.446 e. The first kappa shape index (κ1) is 11.8. The molecule has 1 aromatic rings. The Morgan fingerprint density at radius 2 is 2.53 bits per heavy atom. The number of aromatic amines is 1. The number of hydrogen-bond donors (Lipinski definition) is 4. The fourth-order valence-corrected chi connectivity index (χ4v) is 1.60. The number of nitrogens with one attached hydrogen (secondary N) is 1. The predicted octanol–water partition coefficient (Wildman–Crippen LogP) is -1.64. The fourth-order valence-electron chi connectivity index (χ4n) is 1.60. The van der Waals surface area contributed by atoms with E-state index in [0.717, 1.165) is 0 Å². The molecular formula is C9H13N3O5. The molecule has 17 heavy (non-hydrogen) atoms. The van der Waals surface area contributed by atoms with Crippen LogP contribution in [0.3, 0.4) is 0 Å². The van der Waals surface area contributed by atoms with Crippen LogP contribution in [0.5, 0.6) is 5.88 Å². The summed E-state index contributed by atoms with van der Waals surface area (Å²) in [6.45, 7) is -0.301. The second-order valence-electron chi connectivity index (χ2n) is 3.65. The van der Waals surface area contributed by atoms with Gasteiger partial charge in [-0.15, -0.1) is 0 Å². The Hall–Kier alpha value is -1.64. The molecule has 8 nitrogen and oxygen atoms in total. The largest absolute Gasteiger partial charge is 0.446 e. The maximum atomic E-state index is 11.0. The van der Waals surface area contributed by atoms with Crippen molar-refractivity contribution in [3.63, 3.8) is 0 Å². The number of ether oxygens (including phenoxy) is 2. The van der Waals surface area contributed by atoms with Crippen LogP contribution in [0, 0.1) is 0 Å². The highest BCUT2D eigenvalue weighted by Crippen LogP contribution is 2.24. The molecule has 0 saturated carbocycles. The van der Waals surface area contributed by atoms with Crippen molar-refractivity contribution in [1.82, 2.24) is 9.97 Å². The Labute approximate surface area is 96.4 Å². The van der Waals surface area contributed by atoms with Gasteiger partial charge in [-0.2, -0.15) is 0 Å². The van der Waals surface area contributed by atoms with Gasteiger partial charge in [-0.3, -0.25) is 4.79 Å². The molecule has 1 aliphatic rings. The van der Waals surface area contributed by atoms with Gasteiger partial charge in [0.1, 0.15) is 6.10 Å². The summed E-state index contributed by atoms with van der Waals surface area (Å²) in [5, 5.41) is 18.4. The Bertz CT molecular complexity index is 407. The summed E-state index contributed by atoms with van der Waals surface area (Å²) in [5.74, 6) is -0.678. The lowest BCUT2D eigenvalue weighted by atomic mass is 10.2. The number of carbonyl (C=O) groups excluding carboxylic acids is 1. The number of hydrogen-bond acceptors (Lipinski definition) is 6. The molecule has 0 aromatic carbocycles. The van der Waals surface area contributed by atoms with E-state index in [0.29, 0.717) is 0 Å². The number of nitrogens with two attached hydrogens (primary N) is 1. The third-order valence-electron chi connectivity index (χ3n) is 2.46. The zero-order chi connectivity index (χ0) is 12.4. The van der Waals surface area contributed by atoms with Crippen molar-refractivity contribution in [2.45, 2.75) is 24.9 Å². The summed E-state index contributed by atoms with van der Waals surface area (Å²) in [6, 6.07) is 0. The molecule has 0 radical (unpaired) electrons. The number of H-pyrrole nitrogens is 1. The van der Waals surface area contributed by atoms with Crippen molar-refractivity contribution in [3.8, 4) is 5.88 Å². The van der Waals surface area contributed by atoms with Gasteiger partial charge < -0.3 is 30.4 Å². The van der Waals surface area contributed by atoms with Crippen LogP contribution in [0.1, 0.15) is 16.9 Å². The molecule has 1 fully saturated rings. The highest BCUT2D eigenvalue weighted by atomic mass is 16.7. The van der Waals surface area contributed by atoms with E-state index in [9.17, 15) is 9.90 Å². The molecule has 2 rings (SSSR count). The number of primary amides is 1. The molecule has 0 bridgehead atoms. The lowest BCUT2D eigenvalue weighted by Gasteiger charge is -2.12. The molecule has 1 aliphatic heterocycles. The summed E-state index contributed by atoms with van der Waals surface area (Å²) < 4.78 is 10.5. The average molecular weight is 243 g/mol. The number of imidazole rings is 1. The third kappa shape index (κ3) is 2.38. The van der Waals surface area contributed by atoms with E-state index in [1.54, 1.807) is 0 Å². The zero-order valence-electron chi connectivity index (χ0n) is 8.87. The molecule has 8 heteroatoms. The monoisotopic (exact) mass is 243 g/mol. The minimum absolute atomic E-state index is 0.0216. The first-order valence-electron chi connectivity index (χ1n) is 5.06. The lowest BCUT2D eigenvalue weighted by molar-refractivity contribution is -0.0947. The first-order chi connectivity index (χ1) is 8.11. The topological polar surface area (TPSA) is 131 Å². The van der Waals surface area contributed by atoms with Gasteiger partial charge in [-0.05, 0) is 0 Å². The van der Waals surface area contributed by atoms with Crippen molar-refractivity contribution < 1.29 is 24.5 Å². The van der Waals surface area contributed by atoms with Gasteiger partial charge in [0, 0.05) is 6.42 Å². The molecule has 0 spiro atoms. The molecule has 1 amide bonds. The number of nitrogens with zero attached hydrogens (tertiary/aromatic N) is 1. The summed E-state index contributed by atoms with van der Waals surface area (Å²) in [5.41, 5.74) is 5.13. The van der Waals surface area contributed by atoms with Crippen LogP contribution in [0.2, 0.25) is 0 Å². The Morgan fingerprint density at radius 1 is 1.76 bits per heavy atom. The molecule has 94 valence electrons. The van der Waals surface area contributed by atoms with E-state index in [2.05, 4.69) is 9.97 Å². The number of aromatic nitrogens is 2. The Balaban J connectivity index is 2.02. The first-order valence-corrected chi connectivity index (χ1v) is 5.06. The van der Waals surface area contributed by atoms with E-state index in [1.165, 1.54) is 6.33 Å². The van der Waals surface area contributed by atoms with E-state index in [4.69, 9.17) is 20.3 Å².